The topological polar surface area (TPSA) is 50.2 Å². The third-order valence-electron chi connectivity index (χ3n) is 2.38. The second-order valence-electron chi connectivity index (χ2n) is 3.78. The summed E-state index contributed by atoms with van der Waals surface area (Å²) in [7, 11) is 4.69. The zero-order chi connectivity index (χ0) is 13.0. The molecule has 0 radical (unpaired) electrons. The molecule has 1 N–H and O–H groups in total. The van der Waals surface area contributed by atoms with Crippen LogP contribution in [0.4, 0.5) is 8.78 Å². The lowest BCUT2D eigenvalue weighted by Gasteiger charge is -2.22. The largest absolute Gasteiger partial charge is 0.338 e. The van der Waals surface area contributed by atoms with Gasteiger partial charge in [0.15, 0.2) is 0 Å². The van der Waals surface area contributed by atoms with Crippen molar-refractivity contribution in [3.05, 3.63) is 18.0 Å². The molecule has 1 heterocycles. The van der Waals surface area contributed by atoms with Gasteiger partial charge in [0.05, 0.1) is 12.7 Å². The van der Waals surface area contributed by atoms with Gasteiger partial charge in [0, 0.05) is 25.9 Å². The number of aromatic nitrogens is 2. The predicted molar refractivity (Wildman–Crippen MR) is 58.6 cm³/mol. The minimum atomic E-state index is -2.53. The lowest BCUT2D eigenvalue weighted by atomic mass is 10.1. The summed E-state index contributed by atoms with van der Waals surface area (Å²) in [4.78, 5) is 12.9. The van der Waals surface area contributed by atoms with Crippen molar-refractivity contribution in [1.29, 1.82) is 0 Å². The van der Waals surface area contributed by atoms with Crippen LogP contribution in [-0.4, -0.2) is 47.7 Å². The number of carbonyl (C=O) groups is 1. The van der Waals surface area contributed by atoms with Crippen LogP contribution in [-0.2, 0) is 11.8 Å². The summed E-state index contributed by atoms with van der Waals surface area (Å²) >= 11 is 0. The molecule has 1 unspecified atom stereocenters. The van der Waals surface area contributed by atoms with Gasteiger partial charge in [0.25, 0.3) is 6.43 Å². The molecule has 0 saturated heterocycles. The van der Waals surface area contributed by atoms with Gasteiger partial charge in [-0.25, -0.2) is 8.78 Å². The molecule has 0 aliphatic heterocycles. The number of likely N-dealkylation sites (N-methyl/N-ethyl adjacent to an activating group) is 2. The molecule has 0 aliphatic carbocycles. The van der Waals surface area contributed by atoms with Gasteiger partial charge in [-0.1, -0.05) is 0 Å². The van der Waals surface area contributed by atoms with E-state index in [0.29, 0.717) is 5.56 Å². The van der Waals surface area contributed by atoms with Gasteiger partial charge in [-0.3, -0.25) is 9.48 Å². The molecule has 0 fully saturated rings. The number of halogens is 2. The highest BCUT2D eigenvalue weighted by molar-refractivity contribution is 5.82. The van der Waals surface area contributed by atoms with Crippen LogP contribution in [0.2, 0.25) is 0 Å². The smallest absolute Gasteiger partial charge is 0.255 e. The molecule has 1 atom stereocenters. The van der Waals surface area contributed by atoms with E-state index in [1.807, 2.05) is 0 Å². The first-order chi connectivity index (χ1) is 7.95. The minimum absolute atomic E-state index is 0.402. The fourth-order valence-corrected chi connectivity index (χ4v) is 1.54. The maximum atomic E-state index is 12.2. The molecule has 1 aromatic rings. The van der Waals surface area contributed by atoms with Gasteiger partial charge in [0.2, 0.25) is 5.91 Å². The maximum absolute atomic E-state index is 12.2. The number of aryl methyl sites for hydroxylation is 1. The standard InChI is InChI=1S/C10H16F2N4O/c1-13-9(7-4-14-16(3)5-7)10(17)15(2)6-8(11)12/h4-5,8-9,13H,6H2,1-3H3. The highest BCUT2D eigenvalue weighted by Crippen LogP contribution is 2.14. The number of rotatable bonds is 5. The number of carbonyl (C=O) groups excluding carboxylic acids is 1. The lowest BCUT2D eigenvalue weighted by Crippen LogP contribution is -2.39. The molecule has 1 amide bonds. The van der Waals surface area contributed by atoms with Crippen LogP contribution in [0.25, 0.3) is 0 Å². The SMILES string of the molecule is CNC(C(=O)N(C)CC(F)F)c1cnn(C)c1. The van der Waals surface area contributed by atoms with Crippen LogP contribution in [0, 0.1) is 0 Å². The first-order valence-corrected chi connectivity index (χ1v) is 5.14. The molecule has 0 aromatic carbocycles. The van der Waals surface area contributed by atoms with E-state index in [-0.39, 0.29) is 0 Å². The van der Waals surface area contributed by atoms with Crippen LogP contribution < -0.4 is 5.32 Å². The monoisotopic (exact) mass is 246 g/mol. The van der Waals surface area contributed by atoms with Crippen LogP contribution in [0.15, 0.2) is 12.4 Å². The van der Waals surface area contributed by atoms with Crippen molar-refractivity contribution in [3.63, 3.8) is 0 Å². The van der Waals surface area contributed by atoms with Gasteiger partial charge in [-0.05, 0) is 7.05 Å². The van der Waals surface area contributed by atoms with Crippen molar-refractivity contribution in [2.75, 3.05) is 20.6 Å². The minimum Gasteiger partial charge on any atom is -0.338 e. The van der Waals surface area contributed by atoms with Crippen LogP contribution in [0.3, 0.4) is 0 Å². The molecule has 0 bridgehead atoms. The number of hydrogen-bond acceptors (Lipinski definition) is 3. The highest BCUT2D eigenvalue weighted by Gasteiger charge is 2.24. The van der Waals surface area contributed by atoms with Gasteiger partial charge in [-0.15, -0.1) is 0 Å². The Morgan fingerprint density at radius 1 is 1.65 bits per heavy atom. The van der Waals surface area contributed by atoms with Gasteiger partial charge >= 0.3 is 0 Å². The summed E-state index contributed by atoms with van der Waals surface area (Å²) in [5, 5.41) is 6.74. The number of nitrogens with zero attached hydrogens (tertiary/aromatic N) is 3. The fraction of sp³-hybridized carbons (Fsp3) is 0.600. The van der Waals surface area contributed by atoms with E-state index in [1.165, 1.54) is 13.2 Å². The Morgan fingerprint density at radius 3 is 2.71 bits per heavy atom. The number of alkyl halides is 2. The molecule has 5 nitrogen and oxygen atoms in total. The van der Waals surface area contributed by atoms with Gasteiger partial charge in [-0.2, -0.15) is 5.10 Å². The van der Waals surface area contributed by atoms with Crippen molar-refractivity contribution in [1.82, 2.24) is 20.0 Å². The summed E-state index contributed by atoms with van der Waals surface area (Å²) in [6, 6.07) is -0.646. The van der Waals surface area contributed by atoms with Crippen LogP contribution in [0.1, 0.15) is 11.6 Å². The van der Waals surface area contributed by atoms with E-state index in [4.69, 9.17) is 0 Å². The fourth-order valence-electron chi connectivity index (χ4n) is 1.54. The number of nitrogens with one attached hydrogen (secondary N) is 1. The third-order valence-corrected chi connectivity index (χ3v) is 2.38. The van der Waals surface area contributed by atoms with E-state index in [0.717, 1.165) is 4.90 Å². The quantitative estimate of drug-likeness (QED) is 0.818. The summed E-state index contributed by atoms with van der Waals surface area (Å²) in [5.74, 6) is -0.402. The van der Waals surface area contributed by atoms with Crippen LogP contribution >= 0.6 is 0 Å². The van der Waals surface area contributed by atoms with Crippen LogP contribution in [0.5, 0.6) is 0 Å². The second-order valence-corrected chi connectivity index (χ2v) is 3.78. The average molecular weight is 246 g/mol. The van der Waals surface area contributed by atoms with Crippen molar-refractivity contribution in [3.8, 4) is 0 Å². The Hall–Kier alpha value is -1.50. The molecule has 96 valence electrons. The first kappa shape index (κ1) is 13.6. The Balaban J connectivity index is 2.77. The molecular formula is C10H16F2N4O. The number of amides is 1. The van der Waals surface area contributed by atoms with Crippen molar-refractivity contribution in [2.24, 2.45) is 7.05 Å². The molecule has 17 heavy (non-hydrogen) atoms. The lowest BCUT2D eigenvalue weighted by molar-refractivity contribution is -0.133. The molecule has 7 heteroatoms. The second kappa shape index (κ2) is 5.72. The zero-order valence-electron chi connectivity index (χ0n) is 10.0. The zero-order valence-corrected chi connectivity index (χ0v) is 10.0. The molecule has 0 aliphatic rings. The third kappa shape index (κ3) is 3.48. The Morgan fingerprint density at radius 2 is 2.29 bits per heavy atom. The normalized spacial score (nSPS) is 12.8. The highest BCUT2D eigenvalue weighted by atomic mass is 19.3. The van der Waals surface area contributed by atoms with Gasteiger partial charge < -0.3 is 10.2 Å². The van der Waals surface area contributed by atoms with E-state index >= 15 is 0 Å². The summed E-state index contributed by atoms with van der Waals surface area (Å²) in [6.45, 7) is -0.572. The average Bonchev–Trinajstić information content (AvgIpc) is 2.64. The molecule has 0 spiro atoms. The first-order valence-electron chi connectivity index (χ1n) is 5.14. The Kier molecular flexibility index (Phi) is 4.56. The molecule has 0 saturated carbocycles. The molecule has 1 aromatic heterocycles. The predicted octanol–water partition coefficient (Wildman–Crippen LogP) is 0.404. The Labute approximate surface area is 98.4 Å². The molecular weight excluding hydrogens is 230 g/mol. The van der Waals surface area contributed by atoms with E-state index in [9.17, 15) is 13.6 Å². The number of hydrogen-bond donors (Lipinski definition) is 1. The maximum Gasteiger partial charge on any atom is 0.255 e. The van der Waals surface area contributed by atoms with Crippen molar-refractivity contribution in [2.45, 2.75) is 12.5 Å². The van der Waals surface area contributed by atoms with E-state index < -0.39 is 24.9 Å². The van der Waals surface area contributed by atoms with Crippen molar-refractivity contribution >= 4 is 5.91 Å². The summed E-state index contributed by atoms with van der Waals surface area (Å²) < 4.78 is 25.9. The molecule has 1 rings (SSSR count). The Bertz CT molecular complexity index is 380. The van der Waals surface area contributed by atoms with E-state index in [2.05, 4.69) is 10.4 Å². The van der Waals surface area contributed by atoms with Crippen molar-refractivity contribution < 1.29 is 13.6 Å². The van der Waals surface area contributed by atoms with Gasteiger partial charge in [0.1, 0.15) is 6.04 Å². The summed E-state index contributed by atoms with van der Waals surface area (Å²) in [6.07, 6.45) is 0.681. The summed E-state index contributed by atoms with van der Waals surface area (Å²) in [5.41, 5.74) is 0.654. The van der Waals surface area contributed by atoms with E-state index in [1.54, 1.807) is 25.0 Å².